The van der Waals surface area contributed by atoms with Gasteiger partial charge in [0.05, 0.1) is 25.4 Å². The number of hydrogen-bond acceptors (Lipinski definition) is 9. The van der Waals surface area contributed by atoms with Gasteiger partial charge in [0, 0.05) is 55.5 Å². The highest BCUT2D eigenvalue weighted by atomic mass is 19.1. The SMILES string of the molecule is CNC(=O)[C@H](CCN(C(=O)CO)[C@@H](c1cc(-c2cc(F)ccc2F)cn1Cc1ccccc1)C(C)(C)C)NC(=O)[C@H](CC(N)=O)NC(=O)[C@H](C)NC(=O)CNC(=O)Cc1ccncc1. The predicted octanol–water partition coefficient (Wildman–Crippen LogP) is 1.63. The molecule has 17 nitrogen and oxygen atoms in total. The number of aliphatic hydroxyl groups is 1. The van der Waals surface area contributed by atoms with Gasteiger partial charge in [-0.15, -0.1) is 0 Å². The first-order chi connectivity index (χ1) is 30.3. The zero-order valence-corrected chi connectivity index (χ0v) is 36.3. The molecule has 7 amide bonds. The molecule has 4 rings (SSSR count). The smallest absolute Gasteiger partial charge is 0.248 e. The van der Waals surface area contributed by atoms with Crippen molar-refractivity contribution in [3.05, 3.63) is 114 Å². The van der Waals surface area contributed by atoms with Crippen LogP contribution in [0.25, 0.3) is 11.1 Å². The number of rotatable bonds is 21. The van der Waals surface area contributed by atoms with E-state index >= 15 is 4.39 Å². The van der Waals surface area contributed by atoms with Crippen molar-refractivity contribution >= 4 is 41.4 Å². The lowest BCUT2D eigenvalue weighted by atomic mass is 9.82. The number of halogens is 2. The second-order valence-electron chi connectivity index (χ2n) is 16.2. The summed E-state index contributed by atoms with van der Waals surface area (Å²) in [5, 5.41) is 22.5. The number of amides is 7. The van der Waals surface area contributed by atoms with Crippen molar-refractivity contribution in [3.63, 3.8) is 0 Å². The number of hydrogen-bond donors (Lipinski definition) is 7. The molecule has 0 saturated heterocycles. The van der Waals surface area contributed by atoms with Gasteiger partial charge in [-0.3, -0.25) is 38.5 Å². The maximum absolute atomic E-state index is 15.2. The Labute approximate surface area is 369 Å². The number of aromatic nitrogens is 2. The van der Waals surface area contributed by atoms with Crippen molar-refractivity contribution in [3.8, 4) is 11.1 Å². The quantitative estimate of drug-likeness (QED) is 0.0642. The highest BCUT2D eigenvalue weighted by Gasteiger charge is 2.38. The van der Waals surface area contributed by atoms with E-state index in [1.54, 1.807) is 29.0 Å². The van der Waals surface area contributed by atoms with Gasteiger partial charge in [0.1, 0.15) is 36.4 Å². The summed E-state index contributed by atoms with van der Waals surface area (Å²) in [6, 6.07) is 12.2. The Morgan fingerprint density at radius 3 is 2.14 bits per heavy atom. The van der Waals surface area contributed by atoms with E-state index in [9.17, 15) is 43.1 Å². The third-order valence-corrected chi connectivity index (χ3v) is 10.1. The maximum atomic E-state index is 15.2. The fourth-order valence-electron chi connectivity index (χ4n) is 7.08. The number of aliphatic hydroxyl groups excluding tert-OH is 1. The number of carbonyl (C=O) groups excluding carboxylic acids is 7. The predicted molar refractivity (Wildman–Crippen MR) is 231 cm³/mol. The van der Waals surface area contributed by atoms with Crippen LogP contribution in [0.5, 0.6) is 0 Å². The number of primary amides is 1. The molecular formula is C45H55F2N9O8. The summed E-state index contributed by atoms with van der Waals surface area (Å²) in [6.45, 7) is 5.46. The third kappa shape index (κ3) is 14.3. The van der Waals surface area contributed by atoms with Crippen LogP contribution in [0.15, 0.2) is 85.3 Å². The first-order valence-corrected chi connectivity index (χ1v) is 20.5. The summed E-state index contributed by atoms with van der Waals surface area (Å²) in [6.07, 6.45) is 3.74. The number of nitrogens with two attached hydrogens (primary N) is 1. The zero-order valence-electron chi connectivity index (χ0n) is 36.3. The molecule has 0 saturated carbocycles. The van der Waals surface area contributed by atoms with Crippen molar-refractivity contribution in [1.82, 2.24) is 41.0 Å². The summed E-state index contributed by atoms with van der Waals surface area (Å²) >= 11 is 0. The number of likely N-dealkylation sites (N-methyl/N-ethyl adjacent to an activating group) is 1. The number of nitrogens with zero attached hydrogens (tertiary/aromatic N) is 3. The molecule has 342 valence electrons. The lowest BCUT2D eigenvalue weighted by molar-refractivity contribution is -0.140. The Hall–Kier alpha value is -7.02. The standard InChI is InChI=1S/C45H55F2N9O8/c1-27(52-39(60)23-51-38(59)19-28-13-16-50-17-14-28)42(62)54-35(22-37(48)58)44(64)53-34(43(63)49-5)15-18-56(40(61)26-57)41(45(2,3)4)36-20-30(32-21-31(46)11-12-33(32)47)25-55(36)24-29-9-7-6-8-10-29/h6-14,16-17,20-21,25,27,34-35,41,57H,15,18-19,22-24,26H2,1-5H3,(H2,48,58)(H,49,63)(H,51,59)(H,52,60)(H,53,64)(H,54,62)/t27-,34-,35-,41-/m0/s1. The molecule has 0 aliphatic heterocycles. The number of carbonyl (C=O) groups is 7. The molecule has 2 aromatic carbocycles. The molecule has 0 fully saturated rings. The second kappa shape index (κ2) is 22.9. The lowest BCUT2D eigenvalue weighted by Gasteiger charge is -2.41. The minimum absolute atomic E-state index is 0.0101. The zero-order chi connectivity index (χ0) is 47.1. The van der Waals surface area contributed by atoms with Gasteiger partial charge in [-0.2, -0.15) is 0 Å². The van der Waals surface area contributed by atoms with E-state index in [0.29, 0.717) is 16.8 Å². The Kier molecular flexibility index (Phi) is 17.8. The molecule has 0 bridgehead atoms. The van der Waals surface area contributed by atoms with Crippen LogP contribution in [0, 0.1) is 17.0 Å². The van der Waals surface area contributed by atoms with E-state index in [-0.39, 0.29) is 31.5 Å². The van der Waals surface area contributed by atoms with Gasteiger partial charge in [-0.25, -0.2) is 8.78 Å². The molecule has 2 aromatic heterocycles. The minimum Gasteiger partial charge on any atom is -0.387 e. The van der Waals surface area contributed by atoms with Crippen LogP contribution in [-0.2, 0) is 46.5 Å². The monoisotopic (exact) mass is 887 g/mol. The summed E-state index contributed by atoms with van der Waals surface area (Å²) in [5.41, 5.74) is 6.96. The number of pyridine rings is 1. The van der Waals surface area contributed by atoms with Crippen molar-refractivity contribution in [1.29, 1.82) is 0 Å². The largest absolute Gasteiger partial charge is 0.387 e. The van der Waals surface area contributed by atoms with Crippen molar-refractivity contribution < 1.29 is 47.4 Å². The molecule has 2 heterocycles. The summed E-state index contributed by atoms with van der Waals surface area (Å²) in [4.78, 5) is 96.1. The lowest BCUT2D eigenvalue weighted by Crippen LogP contribution is -2.57. The molecule has 0 aliphatic rings. The third-order valence-electron chi connectivity index (χ3n) is 10.1. The van der Waals surface area contributed by atoms with Crippen molar-refractivity contribution in [2.75, 3.05) is 26.7 Å². The molecule has 64 heavy (non-hydrogen) atoms. The van der Waals surface area contributed by atoms with E-state index in [2.05, 4.69) is 31.6 Å². The van der Waals surface area contributed by atoms with Crippen LogP contribution >= 0.6 is 0 Å². The van der Waals surface area contributed by atoms with E-state index in [4.69, 9.17) is 5.73 Å². The van der Waals surface area contributed by atoms with Crippen molar-refractivity contribution in [2.24, 2.45) is 11.1 Å². The van der Waals surface area contributed by atoms with Gasteiger partial charge in [-0.05, 0) is 66.3 Å². The van der Waals surface area contributed by atoms with Gasteiger partial charge in [0.25, 0.3) is 0 Å². The minimum atomic E-state index is -1.61. The molecule has 8 N–H and O–H groups in total. The van der Waals surface area contributed by atoms with Crippen LogP contribution in [0.2, 0.25) is 0 Å². The number of nitrogens with one attached hydrogen (secondary N) is 5. The first-order valence-electron chi connectivity index (χ1n) is 20.5. The van der Waals surface area contributed by atoms with Crippen LogP contribution < -0.4 is 32.3 Å². The summed E-state index contributed by atoms with van der Waals surface area (Å²) in [7, 11) is 1.31. The van der Waals surface area contributed by atoms with Crippen LogP contribution in [0.1, 0.15) is 63.4 Å². The van der Waals surface area contributed by atoms with Crippen molar-refractivity contribution in [2.45, 2.75) is 77.7 Å². The van der Waals surface area contributed by atoms with Crippen LogP contribution in [0.3, 0.4) is 0 Å². The molecule has 0 radical (unpaired) electrons. The highest BCUT2D eigenvalue weighted by molar-refractivity contribution is 5.96. The Bertz CT molecular complexity index is 2290. The van der Waals surface area contributed by atoms with Crippen LogP contribution in [0.4, 0.5) is 8.78 Å². The average Bonchev–Trinajstić information content (AvgIpc) is 3.65. The maximum Gasteiger partial charge on any atom is 0.248 e. The molecular weight excluding hydrogens is 833 g/mol. The Balaban J connectivity index is 1.55. The highest BCUT2D eigenvalue weighted by Crippen LogP contribution is 2.41. The second-order valence-corrected chi connectivity index (χ2v) is 16.2. The van der Waals surface area contributed by atoms with E-state index in [0.717, 1.165) is 23.8 Å². The van der Waals surface area contributed by atoms with E-state index in [1.807, 2.05) is 51.1 Å². The summed E-state index contributed by atoms with van der Waals surface area (Å²) < 4.78 is 31.4. The molecule has 0 spiro atoms. The molecule has 19 heteroatoms. The number of benzene rings is 2. The molecule has 4 atom stereocenters. The first kappa shape index (κ1) is 49.6. The van der Waals surface area contributed by atoms with Gasteiger partial charge in [0.2, 0.25) is 41.4 Å². The topological polar surface area (TPSA) is 247 Å². The van der Waals surface area contributed by atoms with Gasteiger partial charge < -0.3 is 46.9 Å². The van der Waals surface area contributed by atoms with Gasteiger partial charge >= 0.3 is 0 Å². The molecule has 0 aliphatic carbocycles. The van der Waals surface area contributed by atoms with E-state index in [1.165, 1.54) is 31.3 Å². The molecule has 4 aromatic rings. The van der Waals surface area contributed by atoms with Crippen LogP contribution in [-0.4, -0.2) is 106 Å². The molecule has 0 unspecified atom stereocenters. The van der Waals surface area contributed by atoms with Gasteiger partial charge in [-0.1, -0.05) is 51.1 Å². The Morgan fingerprint density at radius 2 is 1.52 bits per heavy atom. The average molecular weight is 888 g/mol. The Morgan fingerprint density at radius 1 is 0.844 bits per heavy atom. The summed E-state index contributed by atoms with van der Waals surface area (Å²) in [5.74, 6) is -6.81. The van der Waals surface area contributed by atoms with E-state index < -0.39 is 102 Å². The normalized spacial score (nSPS) is 13.1. The fourth-order valence-corrected chi connectivity index (χ4v) is 7.08. The van der Waals surface area contributed by atoms with Gasteiger partial charge in [0.15, 0.2) is 0 Å². The fraction of sp³-hybridized carbons (Fsp3) is 0.378.